The van der Waals surface area contributed by atoms with Crippen molar-refractivity contribution in [2.24, 2.45) is 0 Å². The molecule has 1 heterocycles. The summed E-state index contributed by atoms with van der Waals surface area (Å²) in [6.07, 6.45) is 0.225. The summed E-state index contributed by atoms with van der Waals surface area (Å²) < 4.78 is 0. The van der Waals surface area contributed by atoms with E-state index in [1.807, 2.05) is 0 Å². The topological polar surface area (TPSA) is 77.8 Å². The van der Waals surface area contributed by atoms with Crippen molar-refractivity contribution in [3.8, 4) is 0 Å². The Morgan fingerprint density at radius 3 is 2.15 bits per heavy atom. The molecule has 72 valence electrons. The molecule has 5 heteroatoms. The zero-order valence-corrected chi connectivity index (χ0v) is 7.17. The van der Waals surface area contributed by atoms with Gasteiger partial charge in [0, 0.05) is 12.2 Å². The summed E-state index contributed by atoms with van der Waals surface area (Å²) in [4.78, 5) is 22.8. The maximum atomic E-state index is 11.0. The molecule has 2 atom stereocenters. The Morgan fingerprint density at radius 1 is 1.31 bits per heavy atom. The molecule has 0 aromatic rings. The number of nitrogens with zero attached hydrogens (tertiary/aromatic N) is 1. The first-order valence-electron chi connectivity index (χ1n) is 3.92. The van der Waals surface area contributed by atoms with E-state index < -0.39 is 24.0 Å². The van der Waals surface area contributed by atoms with E-state index >= 15 is 0 Å². The predicted molar refractivity (Wildman–Crippen MR) is 43.5 cm³/mol. The highest BCUT2D eigenvalue weighted by atomic mass is 16.3. The van der Waals surface area contributed by atoms with Crippen LogP contribution >= 0.6 is 0 Å². The number of carbonyl (C=O) groups is 2. The van der Waals surface area contributed by atoms with Gasteiger partial charge >= 0.3 is 0 Å². The number of aliphatic hydroxyl groups is 2. The van der Waals surface area contributed by atoms with Crippen molar-refractivity contribution >= 4 is 11.8 Å². The first-order valence-corrected chi connectivity index (χ1v) is 3.92. The molecule has 0 radical (unpaired) electrons. The van der Waals surface area contributed by atoms with Crippen molar-refractivity contribution in [3.05, 3.63) is 12.2 Å². The van der Waals surface area contributed by atoms with Crippen LogP contribution in [-0.2, 0) is 9.59 Å². The van der Waals surface area contributed by atoms with E-state index in [0.29, 0.717) is 0 Å². The molecule has 1 rings (SSSR count). The monoisotopic (exact) mass is 185 g/mol. The SMILES string of the molecule is CC(O)C(O)CN1C(=O)C=CC1=O. The van der Waals surface area contributed by atoms with Gasteiger partial charge < -0.3 is 10.2 Å². The second kappa shape index (κ2) is 3.68. The molecular formula is C8H11NO4. The third-order valence-corrected chi connectivity index (χ3v) is 1.83. The Morgan fingerprint density at radius 2 is 1.77 bits per heavy atom. The van der Waals surface area contributed by atoms with Crippen molar-refractivity contribution in [2.75, 3.05) is 6.54 Å². The molecule has 0 aromatic carbocycles. The molecule has 0 spiro atoms. The summed E-state index contributed by atoms with van der Waals surface area (Å²) in [5.74, 6) is -0.908. The summed E-state index contributed by atoms with van der Waals surface area (Å²) in [7, 11) is 0. The van der Waals surface area contributed by atoms with Gasteiger partial charge in [-0.05, 0) is 6.92 Å². The van der Waals surface area contributed by atoms with Gasteiger partial charge in [0.05, 0.1) is 18.8 Å². The van der Waals surface area contributed by atoms with E-state index in [-0.39, 0.29) is 6.54 Å². The molecule has 2 unspecified atom stereocenters. The number of imide groups is 1. The van der Waals surface area contributed by atoms with Crippen LogP contribution in [0.25, 0.3) is 0 Å². The van der Waals surface area contributed by atoms with Gasteiger partial charge in [0.2, 0.25) is 0 Å². The van der Waals surface area contributed by atoms with Crippen LogP contribution in [0.1, 0.15) is 6.92 Å². The minimum Gasteiger partial charge on any atom is -0.391 e. The third kappa shape index (κ3) is 2.13. The number of hydrogen-bond acceptors (Lipinski definition) is 4. The van der Waals surface area contributed by atoms with Gasteiger partial charge in [-0.2, -0.15) is 0 Å². The van der Waals surface area contributed by atoms with Crippen molar-refractivity contribution in [3.63, 3.8) is 0 Å². The molecule has 5 nitrogen and oxygen atoms in total. The highest BCUT2D eigenvalue weighted by Crippen LogP contribution is 2.05. The second-order valence-corrected chi connectivity index (χ2v) is 2.93. The fourth-order valence-electron chi connectivity index (χ4n) is 0.951. The highest BCUT2D eigenvalue weighted by Gasteiger charge is 2.26. The number of hydrogen-bond donors (Lipinski definition) is 2. The van der Waals surface area contributed by atoms with E-state index in [9.17, 15) is 14.7 Å². The highest BCUT2D eigenvalue weighted by molar-refractivity contribution is 6.12. The van der Waals surface area contributed by atoms with Crippen molar-refractivity contribution in [2.45, 2.75) is 19.1 Å². The lowest BCUT2D eigenvalue weighted by Gasteiger charge is -2.19. The second-order valence-electron chi connectivity index (χ2n) is 2.93. The molecule has 1 aliphatic rings. The zero-order valence-electron chi connectivity index (χ0n) is 7.17. The maximum Gasteiger partial charge on any atom is 0.253 e. The van der Waals surface area contributed by atoms with Gasteiger partial charge in [-0.3, -0.25) is 14.5 Å². The Labute approximate surface area is 75.3 Å². The Bertz CT molecular complexity index is 241. The van der Waals surface area contributed by atoms with Crippen molar-refractivity contribution in [1.82, 2.24) is 4.90 Å². The summed E-state index contributed by atoms with van der Waals surface area (Å²) in [5, 5.41) is 18.1. The van der Waals surface area contributed by atoms with Crippen LogP contribution in [0.3, 0.4) is 0 Å². The van der Waals surface area contributed by atoms with Gasteiger partial charge in [0.25, 0.3) is 11.8 Å². The number of carbonyl (C=O) groups excluding carboxylic acids is 2. The minimum absolute atomic E-state index is 0.164. The molecule has 0 aliphatic carbocycles. The van der Waals surface area contributed by atoms with Crippen LogP contribution in [0.15, 0.2) is 12.2 Å². The summed E-state index contributed by atoms with van der Waals surface area (Å²) in [5.41, 5.74) is 0. The van der Waals surface area contributed by atoms with Gasteiger partial charge in [-0.1, -0.05) is 0 Å². The predicted octanol–water partition coefficient (Wildman–Crippen LogP) is -1.35. The molecule has 0 saturated carbocycles. The average Bonchev–Trinajstić information content (AvgIpc) is 2.35. The molecule has 0 bridgehead atoms. The van der Waals surface area contributed by atoms with Gasteiger partial charge in [-0.25, -0.2) is 0 Å². The summed E-state index contributed by atoms with van der Waals surface area (Å²) in [6.45, 7) is 1.23. The minimum atomic E-state index is -1.09. The van der Waals surface area contributed by atoms with Gasteiger partial charge in [-0.15, -0.1) is 0 Å². The molecular weight excluding hydrogens is 174 g/mol. The fourth-order valence-corrected chi connectivity index (χ4v) is 0.951. The summed E-state index contributed by atoms with van der Waals surface area (Å²) >= 11 is 0. The van der Waals surface area contributed by atoms with E-state index in [0.717, 1.165) is 17.1 Å². The van der Waals surface area contributed by atoms with Crippen LogP contribution in [0.5, 0.6) is 0 Å². The van der Waals surface area contributed by atoms with E-state index in [1.165, 1.54) is 6.92 Å². The Hall–Kier alpha value is -1.20. The number of rotatable bonds is 3. The van der Waals surface area contributed by atoms with Gasteiger partial charge in [0.15, 0.2) is 0 Å². The van der Waals surface area contributed by atoms with E-state index in [4.69, 9.17) is 5.11 Å². The summed E-state index contributed by atoms with van der Waals surface area (Å²) in [6, 6.07) is 0. The lowest BCUT2D eigenvalue weighted by atomic mass is 10.2. The van der Waals surface area contributed by atoms with Crippen LogP contribution in [0.4, 0.5) is 0 Å². The molecule has 0 aromatic heterocycles. The average molecular weight is 185 g/mol. The molecule has 0 fully saturated rings. The third-order valence-electron chi connectivity index (χ3n) is 1.83. The molecule has 0 saturated heterocycles. The largest absolute Gasteiger partial charge is 0.391 e. The maximum absolute atomic E-state index is 11.0. The molecule has 2 N–H and O–H groups in total. The standard InChI is InChI=1S/C8H11NO4/c1-5(10)6(11)4-9-7(12)2-3-8(9)13/h2-3,5-6,10-11H,4H2,1H3. The van der Waals surface area contributed by atoms with Crippen LogP contribution < -0.4 is 0 Å². The first-order chi connectivity index (χ1) is 6.02. The first kappa shape index (κ1) is 9.88. The number of amides is 2. The Balaban J connectivity index is 2.55. The van der Waals surface area contributed by atoms with Crippen LogP contribution in [0.2, 0.25) is 0 Å². The number of β-amino-alcohol motifs (C(OH)–C–C–N with tert-alkyl or cyclic N) is 1. The van der Waals surface area contributed by atoms with E-state index in [2.05, 4.69) is 0 Å². The Kier molecular flexibility index (Phi) is 2.79. The van der Waals surface area contributed by atoms with E-state index in [1.54, 1.807) is 0 Å². The van der Waals surface area contributed by atoms with Crippen LogP contribution in [0, 0.1) is 0 Å². The van der Waals surface area contributed by atoms with Crippen molar-refractivity contribution < 1.29 is 19.8 Å². The van der Waals surface area contributed by atoms with Gasteiger partial charge in [0.1, 0.15) is 0 Å². The fraction of sp³-hybridized carbons (Fsp3) is 0.500. The van der Waals surface area contributed by atoms with Crippen molar-refractivity contribution in [1.29, 1.82) is 0 Å². The lowest BCUT2D eigenvalue weighted by molar-refractivity contribution is -0.139. The zero-order chi connectivity index (χ0) is 10.0. The quantitative estimate of drug-likeness (QED) is 0.533. The smallest absolute Gasteiger partial charge is 0.253 e. The van der Waals surface area contributed by atoms with Crippen LogP contribution in [-0.4, -0.2) is 45.7 Å². The molecule has 13 heavy (non-hydrogen) atoms. The molecule has 2 amide bonds. The lowest BCUT2D eigenvalue weighted by Crippen LogP contribution is -2.41. The molecule has 1 aliphatic heterocycles. The number of aliphatic hydroxyl groups excluding tert-OH is 2. The normalized spacial score (nSPS) is 21.0.